The molecule has 1 aromatic carbocycles. The number of halogens is 1. The molecule has 1 fully saturated rings. The maximum absolute atomic E-state index is 12.9. The van der Waals surface area contributed by atoms with Crippen LogP contribution in [0.5, 0.6) is 0 Å². The topological polar surface area (TPSA) is 105 Å². The Morgan fingerprint density at radius 1 is 1.24 bits per heavy atom. The summed E-state index contributed by atoms with van der Waals surface area (Å²) < 4.78 is 32.9. The van der Waals surface area contributed by atoms with Crippen LogP contribution in [0.4, 0.5) is 6.01 Å². The Balaban J connectivity index is 1.45. The number of rotatable bonds is 6. The van der Waals surface area contributed by atoms with Crippen LogP contribution in [0.3, 0.4) is 0 Å². The molecule has 8 nitrogen and oxygen atoms in total. The van der Waals surface area contributed by atoms with Crippen LogP contribution in [-0.2, 0) is 21.2 Å². The minimum absolute atomic E-state index is 0.0515. The number of hydrogen-bond acceptors (Lipinski definition) is 7. The molecule has 0 radical (unpaired) electrons. The summed E-state index contributed by atoms with van der Waals surface area (Å²) in [6.45, 7) is 0.263. The summed E-state index contributed by atoms with van der Waals surface area (Å²) in [5, 5.41) is 10.3. The highest BCUT2D eigenvalue weighted by molar-refractivity contribution is 7.91. The highest BCUT2D eigenvalue weighted by Crippen LogP contribution is 2.32. The van der Waals surface area contributed by atoms with E-state index >= 15 is 0 Å². The highest BCUT2D eigenvalue weighted by Gasteiger charge is 2.40. The fraction of sp³-hybridized carbons (Fsp3) is 0.278. The number of hydrogen-bond donors (Lipinski definition) is 1. The van der Waals surface area contributed by atoms with Crippen molar-refractivity contribution in [2.75, 3.05) is 11.9 Å². The zero-order valence-electron chi connectivity index (χ0n) is 15.1. The number of carbonyl (C=O) groups excluding carboxylic acids is 1. The fourth-order valence-corrected chi connectivity index (χ4v) is 6.45. The molecule has 2 aromatic heterocycles. The second-order valence-electron chi connectivity index (χ2n) is 6.48. The monoisotopic (exact) mass is 452 g/mol. The second-order valence-corrected chi connectivity index (χ2v) is 10.3. The van der Waals surface area contributed by atoms with Crippen molar-refractivity contribution in [3.63, 3.8) is 0 Å². The molecule has 0 spiro atoms. The molecule has 0 aliphatic carbocycles. The minimum atomic E-state index is -3.80. The van der Waals surface area contributed by atoms with Gasteiger partial charge < -0.3 is 4.42 Å². The van der Waals surface area contributed by atoms with E-state index in [1.54, 1.807) is 0 Å². The van der Waals surface area contributed by atoms with Crippen LogP contribution >= 0.6 is 22.9 Å². The van der Waals surface area contributed by atoms with Gasteiger partial charge in [0.25, 0.3) is 10.0 Å². The number of benzene rings is 1. The zero-order valence-corrected chi connectivity index (χ0v) is 17.5. The zero-order chi connectivity index (χ0) is 20.4. The van der Waals surface area contributed by atoms with E-state index in [9.17, 15) is 13.2 Å². The van der Waals surface area contributed by atoms with Crippen molar-refractivity contribution in [2.24, 2.45) is 0 Å². The van der Waals surface area contributed by atoms with Crippen molar-refractivity contribution < 1.29 is 17.6 Å². The maximum atomic E-state index is 12.9. The lowest BCUT2D eigenvalue weighted by Gasteiger charge is -2.21. The Labute approximate surface area is 176 Å². The number of amides is 1. The second kappa shape index (κ2) is 8.23. The molecule has 3 heterocycles. The van der Waals surface area contributed by atoms with E-state index in [0.29, 0.717) is 29.5 Å². The lowest BCUT2D eigenvalue weighted by molar-refractivity contribution is -0.119. The van der Waals surface area contributed by atoms with E-state index < -0.39 is 22.0 Å². The number of anilines is 1. The summed E-state index contributed by atoms with van der Waals surface area (Å²) >= 11 is 6.84. The number of nitrogens with zero attached hydrogens (tertiary/aromatic N) is 3. The SMILES string of the molecule is O=C(Nc1nnc(Cc2ccccc2)o1)C1CCCN1S(=O)(=O)c1ccc(Cl)s1. The maximum Gasteiger partial charge on any atom is 0.322 e. The Hall–Kier alpha value is -2.27. The molecule has 1 N–H and O–H groups in total. The molecule has 11 heteroatoms. The molecule has 0 saturated carbocycles. The number of aromatic nitrogens is 2. The highest BCUT2D eigenvalue weighted by atomic mass is 35.5. The van der Waals surface area contributed by atoms with Gasteiger partial charge in [-0.1, -0.05) is 47.0 Å². The van der Waals surface area contributed by atoms with Crippen LogP contribution in [0.15, 0.2) is 51.1 Å². The largest absolute Gasteiger partial charge is 0.407 e. The molecule has 1 aliphatic heterocycles. The van der Waals surface area contributed by atoms with Crippen LogP contribution in [0.25, 0.3) is 0 Å². The van der Waals surface area contributed by atoms with E-state index in [2.05, 4.69) is 15.5 Å². The van der Waals surface area contributed by atoms with Gasteiger partial charge in [0.05, 0.1) is 10.8 Å². The summed E-state index contributed by atoms with van der Waals surface area (Å²) in [5.41, 5.74) is 0.997. The van der Waals surface area contributed by atoms with Crippen LogP contribution < -0.4 is 5.32 Å². The average molecular weight is 453 g/mol. The van der Waals surface area contributed by atoms with Crippen molar-refractivity contribution in [3.05, 3.63) is 58.3 Å². The van der Waals surface area contributed by atoms with Gasteiger partial charge in [-0.05, 0) is 30.5 Å². The van der Waals surface area contributed by atoms with Gasteiger partial charge in [-0.3, -0.25) is 10.1 Å². The summed E-state index contributed by atoms with van der Waals surface area (Å²) in [6, 6.07) is 11.7. The molecule has 29 heavy (non-hydrogen) atoms. The van der Waals surface area contributed by atoms with Crippen molar-refractivity contribution in [1.29, 1.82) is 0 Å². The van der Waals surface area contributed by atoms with Gasteiger partial charge in [0, 0.05) is 6.54 Å². The molecule has 1 aliphatic rings. The molecule has 1 saturated heterocycles. The Morgan fingerprint density at radius 3 is 2.76 bits per heavy atom. The molecular formula is C18H17ClN4O4S2. The number of nitrogens with one attached hydrogen (secondary N) is 1. The number of sulfonamides is 1. The molecule has 152 valence electrons. The van der Waals surface area contributed by atoms with Gasteiger partial charge in [-0.2, -0.15) is 4.31 Å². The van der Waals surface area contributed by atoms with Crippen molar-refractivity contribution in [3.8, 4) is 0 Å². The molecular weight excluding hydrogens is 436 g/mol. The summed E-state index contributed by atoms with van der Waals surface area (Å²) in [4.78, 5) is 12.7. The van der Waals surface area contributed by atoms with Crippen molar-refractivity contribution >= 4 is 44.9 Å². The van der Waals surface area contributed by atoms with Gasteiger partial charge in [-0.25, -0.2) is 8.42 Å². The molecule has 1 unspecified atom stereocenters. The summed E-state index contributed by atoms with van der Waals surface area (Å²) in [7, 11) is -3.80. The minimum Gasteiger partial charge on any atom is -0.407 e. The Bertz CT molecular complexity index is 1110. The third-order valence-electron chi connectivity index (χ3n) is 4.51. The first-order valence-electron chi connectivity index (χ1n) is 8.88. The van der Waals surface area contributed by atoms with Gasteiger partial charge in [-0.15, -0.1) is 16.4 Å². The van der Waals surface area contributed by atoms with E-state index in [1.807, 2.05) is 30.3 Å². The smallest absolute Gasteiger partial charge is 0.322 e. The molecule has 0 bridgehead atoms. The summed E-state index contributed by atoms with van der Waals surface area (Å²) in [5.74, 6) is -0.140. The van der Waals surface area contributed by atoms with E-state index in [4.69, 9.17) is 16.0 Å². The van der Waals surface area contributed by atoms with E-state index in [-0.39, 0.29) is 16.8 Å². The quantitative estimate of drug-likeness (QED) is 0.615. The van der Waals surface area contributed by atoms with Gasteiger partial charge in [0.15, 0.2) is 0 Å². The van der Waals surface area contributed by atoms with Gasteiger partial charge in [0.1, 0.15) is 10.3 Å². The van der Waals surface area contributed by atoms with Gasteiger partial charge in [0.2, 0.25) is 11.8 Å². The molecule has 1 amide bonds. The van der Waals surface area contributed by atoms with Crippen LogP contribution in [0.2, 0.25) is 4.34 Å². The first kappa shape index (κ1) is 20.0. The predicted octanol–water partition coefficient (Wildman–Crippen LogP) is 3.17. The van der Waals surface area contributed by atoms with Crippen LogP contribution in [0, 0.1) is 0 Å². The van der Waals surface area contributed by atoms with Gasteiger partial charge >= 0.3 is 6.01 Å². The number of carbonyl (C=O) groups is 1. The lowest BCUT2D eigenvalue weighted by atomic mass is 10.2. The molecule has 1 atom stereocenters. The fourth-order valence-electron chi connectivity index (χ4n) is 3.18. The van der Waals surface area contributed by atoms with Crippen molar-refractivity contribution in [1.82, 2.24) is 14.5 Å². The van der Waals surface area contributed by atoms with E-state index in [0.717, 1.165) is 16.9 Å². The Kier molecular flexibility index (Phi) is 5.68. The van der Waals surface area contributed by atoms with Crippen molar-refractivity contribution in [2.45, 2.75) is 29.5 Å². The Morgan fingerprint density at radius 2 is 2.03 bits per heavy atom. The predicted molar refractivity (Wildman–Crippen MR) is 108 cm³/mol. The third kappa shape index (κ3) is 4.35. The summed E-state index contributed by atoms with van der Waals surface area (Å²) in [6.07, 6.45) is 1.43. The first-order valence-corrected chi connectivity index (χ1v) is 11.5. The van der Waals surface area contributed by atoms with Crippen LogP contribution in [0.1, 0.15) is 24.3 Å². The number of thiophene rings is 1. The normalized spacial score (nSPS) is 17.5. The first-order chi connectivity index (χ1) is 13.9. The lowest BCUT2D eigenvalue weighted by Crippen LogP contribution is -2.42. The molecule has 4 rings (SSSR count). The molecule has 3 aromatic rings. The van der Waals surface area contributed by atoms with E-state index in [1.165, 1.54) is 16.4 Å². The third-order valence-corrected chi connectivity index (χ3v) is 8.12. The average Bonchev–Trinajstić information content (AvgIpc) is 3.43. The standard InChI is InChI=1S/C18H17ClN4O4S2/c19-14-8-9-16(28-14)29(25,26)23-10-4-7-13(23)17(24)20-18-22-21-15(27-18)11-12-5-2-1-3-6-12/h1-3,5-6,8-9,13H,4,7,10-11H2,(H,20,22,24). The van der Waals surface area contributed by atoms with Crippen LogP contribution in [-0.4, -0.2) is 41.4 Å².